The third-order valence-electron chi connectivity index (χ3n) is 11.5. The lowest BCUT2D eigenvalue weighted by molar-refractivity contribution is 0.666. The molecule has 0 bridgehead atoms. The van der Waals surface area contributed by atoms with E-state index in [9.17, 15) is 0 Å². The summed E-state index contributed by atoms with van der Waals surface area (Å²) in [7, 11) is 0. The van der Waals surface area contributed by atoms with Gasteiger partial charge in [-0.2, -0.15) is 0 Å². The number of aromatic nitrogens is 5. The van der Waals surface area contributed by atoms with E-state index < -0.39 is 0 Å². The highest BCUT2D eigenvalue weighted by molar-refractivity contribution is 6.27. The molecule has 4 heterocycles. The molecule has 0 fully saturated rings. The highest BCUT2D eigenvalue weighted by atomic mass is 16.3. The third kappa shape index (κ3) is 4.75. The second-order valence-corrected chi connectivity index (χ2v) is 14.8. The van der Waals surface area contributed by atoms with E-state index in [0.29, 0.717) is 17.5 Å². The number of benzene rings is 8. The van der Waals surface area contributed by atoms with Crippen LogP contribution >= 0.6 is 0 Å². The van der Waals surface area contributed by atoms with Crippen molar-refractivity contribution < 1.29 is 4.42 Å². The van der Waals surface area contributed by atoms with Gasteiger partial charge in [-0.1, -0.05) is 140 Å². The smallest absolute Gasteiger partial charge is 0.165 e. The first-order valence-corrected chi connectivity index (χ1v) is 19.5. The van der Waals surface area contributed by atoms with Crippen LogP contribution in [-0.2, 0) is 0 Å². The molecule has 6 nitrogen and oxygen atoms in total. The summed E-state index contributed by atoms with van der Waals surface area (Å²) in [5.41, 5.74) is 12.0. The van der Waals surface area contributed by atoms with Crippen LogP contribution in [0.5, 0.6) is 0 Å². The summed E-state index contributed by atoms with van der Waals surface area (Å²) in [5.74, 6) is 1.84. The fraction of sp³-hybridized carbons (Fsp3) is 0.0192. The van der Waals surface area contributed by atoms with Crippen molar-refractivity contribution >= 4 is 65.6 Å². The summed E-state index contributed by atoms with van der Waals surface area (Å²) in [6.45, 7) is 2.16. The maximum Gasteiger partial charge on any atom is 0.165 e. The molecule has 0 saturated carbocycles. The van der Waals surface area contributed by atoms with E-state index in [4.69, 9.17) is 19.4 Å². The van der Waals surface area contributed by atoms with Crippen molar-refractivity contribution in [1.29, 1.82) is 0 Å². The zero-order valence-electron chi connectivity index (χ0n) is 31.5. The maximum absolute atomic E-state index is 6.98. The van der Waals surface area contributed by atoms with Crippen LogP contribution in [0.1, 0.15) is 5.56 Å². The van der Waals surface area contributed by atoms with Gasteiger partial charge >= 0.3 is 0 Å². The number of para-hydroxylation sites is 4. The standard InChI is InChI=1S/C52H33N5O/c1-32-31-43(57-41-27-15-12-24-38(41)46-42(57)30-29-37-36-23-11-14-26-40(36)56(48(37)46)35-21-9-4-10-22-35)49-47(39-25-13-16-28-44(39)58-49)45(32)52-54-50(33-17-5-2-6-18-33)53-51(55-52)34-19-7-3-8-20-34/h2-31H,1H3. The van der Waals surface area contributed by atoms with Crippen molar-refractivity contribution in [3.63, 3.8) is 0 Å². The van der Waals surface area contributed by atoms with Crippen LogP contribution in [0.25, 0.3) is 111 Å². The highest BCUT2D eigenvalue weighted by Crippen LogP contribution is 2.46. The Hall–Kier alpha value is -7.83. The lowest BCUT2D eigenvalue weighted by Gasteiger charge is -2.15. The predicted octanol–water partition coefficient (Wildman–Crippen LogP) is 13.3. The van der Waals surface area contributed by atoms with Gasteiger partial charge in [-0.25, -0.2) is 15.0 Å². The number of nitrogens with zero attached hydrogens (tertiary/aromatic N) is 5. The van der Waals surface area contributed by atoms with Crippen LogP contribution in [0.4, 0.5) is 0 Å². The van der Waals surface area contributed by atoms with Crippen molar-refractivity contribution in [2.45, 2.75) is 6.92 Å². The quantitative estimate of drug-likeness (QED) is 0.176. The fourth-order valence-electron chi connectivity index (χ4n) is 9.00. The fourth-order valence-corrected chi connectivity index (χ4v) is 9.00. The average Bonchev–Trinajstić information content (AvgIpc) is 3.95. The first-order chi connectivity index (χ1) is 28.7. The van der Waals surface area contributed by atoms with Crippen LogP contribution < -0.4 is 0 Å². The van der Waals surface area contributed by atoms with E-state index in [1.54, 1.807) is 0 Å². The number of hydrogen-bond acceptors (Lipinski definition) is 4. The molecule has 0 spiro atoms. The molecular formula is C52H33N5O. The van der Waals surface area contributed by atoms with E-state index in [0.717, 1.165) is 66.6 Å². The summed E-state index contributed by atoms with van der Waals surface area (Å²) in [4.78, 5) is 15.4. The Bertz CT molecular complexity index is 3510. The molecule has 4 aromatic heterocycles. The minimum Gasteiger partial charge on any atom is -0.454 e. The maximum atomic E-state index is 6.98. The van der Waals surface area contributed by atoms with Crippen molar-refractivity contribution in [1.82, 2.24) is 24.1 Å². The lowest BCUT2D eigenvalue weighted by atomic mass is 9.99. The van der Waals surface area contributed by atoms with Gasteiger partial charge in [-0.3, -0.25) is 0 Å². The summed E-state index contributed by atoms with van der Waals surface area (Å²) in [5, 5.41) is 6.78. The van der Waals surface area contributed by atoms with Gasteiger partial charge in [0.2, 0.25) is 0 Å². The molecule has 8 aromatic carbocycles. The van der Waals surface area contributed by atoms with Gasteiger partial charge < -0.3 is 13.6 Å². The van der Waals surface area contributed by atoms with E-state index in [1.807, 2.05) is 72.8 Å². The Morgan fingerprint density at radius 3 is 1.67 bits per heavy atom. The van der Waals surface area contributed by atoms with Crippen LogP contribution in [0.15, 0.2) is 186 Å². The third-order valence-corrected chi connectivity index (χ3v) is 11.5. The molecule has 0 atom stereocenters. The second-order valence-electron chi connectivity index (χ2n) is 14.8. The zero-order chi connectivity index (χ0) is 38.3. The molecule has 0 saturated heterocycles. The van der Waals surface area contributed by atoms with E-state index in [-0.39, 0.29) is 0 Å². The molecule has 0 radical (unpaired) electrons. The number of hydrogen-bond donors (Lipinski definition) is 0. The molecule has 6 heteroatoms. The predicted molar refractivity (Wildman–Crippen MR) is 237 cm³/mol. The Balaban J connectivity index is 1.20. The first-order valence-electron chi connectivity index (χ1n) is 19.5. The summed E-state index contributed by atoms with van der Waals surface area (Å²) in [6, 6.07) is 63.5. The molecule has 12 rings (SSSR count). The molecule has 0 unspecified atom stereocenters. The lowest BCUT2D eigenvalue weighted by Crippen LogP contribution is -2.03. The zero-order valence-corrected chi connectivity index (χ0v) is 31.5. The molecule has 0 N–H and O–H groups in total. The molecule has 0 aliphatic rings. The molecule has 0 amide bonds. The Kier molecular flexibility index (Phi) is 7.04. The second kappa shape index (κ2) is 12.6. The van der Waals surface area contributed by atoms with Crippen molar-refractivity contribution in [3.05, 3.63) is 188 Å². The van der Waals surface area contributed by atoms with Crippen LogP contribution in [0.2, 0.25) is 0 Å². The first kappa shape index (κ1) is 32.4. The van der Waals surface area contributed by atoms with Crippen molar-refractivity contribution in [2.24, 2.45) is 0 Å². The molecular weight excluding hydrogens is 711 g/mol. The van der Waals surface area contributed by atoms with E-state index in [2.05, 4.69) is 125 Å². The summed E-state index contributed by atoms with van der Waals surface area (Å²) < 4.78 is 11.8. The van der Waals surface area contributed by atoms with Gasteiger partial charge in [0.25, 0.3) is 0 Å². The molecule has 58 heavy (non-hydrogen) atoms. The van der Waals surface area contributed by atoms with E-state index >= 15 is 0 Å². The van der Waals surface area contributed by atoms with Crippen molar-refractivity contribution in [3.8, 4) is 45.5 Å². The number of rotatable bonds is 5. The Labute approximate surface area is 332 Å². The summed E-state index contributed by atoms with van der Waals surface area (Å²) >= 11 is 0. The average molecular weight is 744 g/mol. The number of fused-ring (bicyclic) bond motifs is 10. The van der Waals surface area contributed by atoms with Gasteiger partial charge in [-0.15, -0.1) is 0 Å². The molecule has 12 aromatic rings. The normalized spacial score (nSPS) is 11.9. The van der Waals surface area contributed by atoms with Crippen LogP contribution in [0, 0.1) is 6.92 Å². The SMILES string of the molecule is Cc1cc(-n2c3ccccc3c3c2ccc2c4ccccc4n(-c4ccccc4)c23)c2oc3ccccc3c2c1-c1nc(-c2ccccc2)nc(-c2ccccc2)n1. The Morgan fingerprint density at radius 1 is 0.431 bits per heavy atom. The monoisotopic (exact) mass is 743 g/mol. The molecule has 0 aliphatic heterocycles. The largest absolute Gasteiger partial charge is 0.454 e. The van der Waals surface area contributed by atoms with E-state index in [1.165, 1.54) is 32.6 Å². The van der Waals surface area contributed by atoms with Gasteiger partial charge in [0.05, 0.1) is 27.8 Å². The van der Waals surface area contributed by atoms with Gasteiger partial charge in [-0.05, 0) is 55.0 Å². The molecule has 0 aliphatic carbocycles. The highest BCUT2D eigenvalue weighted by Gasteiger charge is 2.26. The van der Waals surface area contributed by atoms with Gasteiger partial charge in [0.15, 0.2) is 23.1 Å². The van der Waals surface area contributed by atoms with Gasteiger partial charge in [0.1, 0.15) is 5.58 Å². The minimum absolute atomic E-state index is 0.601. The minimum atomic E-state index is 0.601. The number of aryl methyl sites for hydroxylation is 1. The van der Waals surface area contributed by atoms with Crippen LogP contribution in [0.3, 0.4) is 0 Å². The Morgan fingerprint density at radius 2 is 0.983 bits per heavy atom. The van der Waals surface area contributed by atoms with Gasteiger partial charge in [0, 0.05) is 54.7 Å². The molecule has 272 valence electrons. The van der Waals surface area contributed by atoms with Crippen molar-refractivity contribution in [2.75, 3.05) is 0 Å². The number of furan rings is 1. The van der Waals surface area contributed by atoms with Crippen LogP contribution in [-0.4, -0.2) is 24.1 Å². The summed E-state index contributed by atoms with van der Waals surface area (Å²) in [6.07, 6.45) is 0. The topological polar surface area (TPSA) is 61.7 Å².